The summed E-state index contributed by atoms with van der Waals surface area (Å²) in [5.74, 6) is 2.09. The van der Waals surface area contributed by atoms with Gasteiger partial charge in [0.2, 0.25) is 0 Å². The van der Waals surface area contributed by atoms with Gasteiger partial charge in [0.1, 0.15) is 11.5 Å². The predicted octanol–water partition coefficient (Wildman–Crippen LogP) is 2.25. The molecule has 0 amide bonds. The molecule has 0 spiro atoms. The van der Waals surface area contributed by atoms with Crippen molar-refractivity contribution >= 4 is 0 Å². The highest BCUT2D eigenvalue weighted by Gasteiger charge is 2.26. The molecule has 1 aromatic rings. The van der Waals surface area contributed by atoms with Crippen LogP contribution < -0.4 is 10.6 Å². The Morgan fingerprint density at radius 1 is 1.47 bits per heavy atom. The normalized spacial score (nSPS) is 23.8. The molecule has 1 atom stereocenters. The van der Waals surface area contributed by atoms with Gasteiger partial charge in [-0.2, -0.15) is 0 Å². The van der Waals surface area contributed by atoms with Crippen LogP contribution in [0, 0.1) is 6.92 Å². The number of piperidine rings is 1. The minimum atomic E-state index is 0.275. The fourth-order valence-electron chi connectivity index (χ4n) is 2.57. The van der Waals surface area contributed by atoms with Crippen molar-refractivity contribution in [3.63, 3.8) is 0 Å². The van der Waals surface area contributed by atoms with Gasteiger partial charge in [0.25, 0.3) is 0 Å². The van der Waals surface area contributed by atoms with Crippen molar-refractivity contribution in [2.45, 2.75) is 51.6 Å². The van der Waals surface area contributed by atoms with Crippen molar-refractivity contribution in [2.24, 2.45) is 0 Å². The summed E-state index contributed by atoms with van der Waals surface area (Å²) in [4.78, 5) is 0. The Bertz CT molecular complexity index is 357. The van der Waals surface area contributed by atoms with Crippen LogP contribution >= 0.6 is 0 Å². The highest BCUT2D eigenvalue weighted by Crippen LogP contribution is 2.18. The van der Waals surface area contributed by atoms with Crippen LogP contribution in [0.2, 0.25) is 0 Å². The topological polar surface area (TPSA) is 37.2 Å². The summed E-state index contributed by atoms with van der Waals surface area (Å²) in [7, 11) is 0. The van der Waals surface area contributed by atoms with E-state index >= 15 is 0 Å². The van der Waals surface area contributed by atoms with Crippen molar-refractivity contribution in [3.8, 4) is 0 Å². The monoisotopic (exact) mass is 236 g/mol. The van der Waals surface area contributed by atoms with Gasteiger partial charge in [0, 0.05) is 24.5 Å². The highest BCUT2D eigenvalue weighted by molar-refractivity contribution is 5.05. The minimum absolute atomic E-state index is 0.275. The van der Waals surface area contributed by atoms with E-state index in [2.05, 4.69) is 30.5 Å². The third kappa shape index (κ3) is 3.86. The van der Waals surface area contributed by atoms with E-state index in [1.165, 1.54) is 12.8 Å². The molecule has 2 N–H and O–H groups in total. The Morgan fingerprint density at radius 3 is 2.94 bits per heavy atom. The van der Waals surface area contributed by atoms with Crippen LogP contribution in [0.5, 0.6) is 0 Å². The maximum atomic E-state index is 5.56. The molecule has 0 saturated carbocycles. The summed E-state index contributed by atoms with van der Waals surface area (Å²) < 4.78 is 5.56. The second-order valence-corrected chi connectivity index (χ2v) is 5.72. The van der Waals surface area contributed by atoms with Crippen molar-refractivity contribution in [3.05, 3.63) is 23.7 Å². The van der Waals surface area contributed by atoms with Crippen molar-refractivity contribution in [2.75, 3.05) is 13.1 Å². The molecule has 1 aliphatic rings. The SMILES string of the molecule is Cc1ccc(CCNC2CCNC(C)(C)C2)o1. The van der Waals surface area contributed by atoms with Crippen LogP contribution in [-0.4, -0.2) is 24.7 Å². The average Bonchev–Trinajstić information content (AvgIpc) is 2.63. The zero-order chi connectivity index (χ0) is 12.3. The van der Waals surface area contributed by atoms with Gasteiger partial charge in [-0.1, -0.05) is 0 Å². The zero-order valence-electron chi connectivity index (χ0n) is 11.2. The Balaban J connectivity index is 1.71. The summed E-state index contributed by atoms with van der Waals surface area (Å²) in [6.45, 7) is 8.66. The van der Waals surface area contributed by atoms with E-state index in [1.807, 2.05) is 13.0 Å². The lowest BCUT2D eigenvalue weighted by atomic mass is 9.89. The first-order valence-corrected chi connectivity index (χ1v) is 6.59. The van der Waals surface area contributed by atoms with Gasteiger partial charge in [-0.05, 0) is 52.3 Å². The summed E-state index contributed by atoms with van der Waals surface area (Å²) in [5.41, 5.74) is 0.275. The van der Waals surface area contributed by atoms with Crippen molar-refractivity contribution in [1.82, 2.24) is 10.6 Å². The quantitative estimate of drug-likeness (QED) is 0.842. The maximum Gasteiger partial charge on any atom is 0.105 e. The maximum absolute atomic E-state index is 5.56. The molecule has 96 valence electrons. The summed E-state index contributed by atoms with van der Waals surface area (Å²) in [6.07, 6.45) is 3.41. The first-order chi connectivity index (χ1) is 8.05. The molecule has 17 heavy (non-hydrogen) atoms. The van der Waals surface area contributed by atoms with Gasteiger partial charge in [-0.3, -0.25) is 0 Å². The highest BCUT2D eigenvalue weighted by atomic mass is 16.3. The lowest BCUT2D eigenvalue weighted by Crippen LogP contribution is -2.52. The molecule has 1 aromatic heterocycles. The molecule has 1 aliphatic heterocycles. The number of furan rings is 1. The number of rotatable bonds is 4. The lowest BCUT2D eigenvalue weighted by molar-refractivity contribution is 0.248. The largest absolute Gasteiger partial charge is 0.466 e. The van der Waals surface area contributed by atoms with Gasteiger partial charge < -0.3 is 15.1 Å². The van der Waals surface area contributed by atoms with E-state index < -0.39 is 0 Å². The third-order valence-corrected chi connectivity index (χ3v) is 3.45. The molecule has 0 bridgehead atoms. The molecular weight excluding hydrogens is 212 g/mol. The van der Waals surface area contributed by atoms with Gasteiger partial charge in [-0.25, -0.2) is 0 Å². The number of hydrogen-bond donors (Lipinski definition) is 2. The lowest BCUT2D eigenvalue weighted by Gasteiger charge is -2.37. The van der Waals surface area contributed by atoms with Crippen molar-refractivity contribution in [1.29, 1.82) is 0 Å². The zero-order valence-corrected chi connectivity index (χ0v) is 11.2. The fourth-order valence-corrected chi connectivity index (χ4v) is 2.57. The molecule has 1 saturated heterocycles. The van der Waals surface area contributed by atoms with E-state index in [4.69, 9.17) is 4.42 Å². The molecule has 0 aromatic carbocycles. The van der Waals surface area contributed by atoms with Gasteiger partial charge in [0.15, 0.2) is 0 Å². The van der Waals surface area contributed by atoms with Crippen LogP contribution in [-0.2, 0) is 6.42 Å². The predicted molar refractivity (Wildman–Crippen MR) is 70.3 cm³/mol. The smallest absolute Gasteiger partial charge is 0.105 e. The van der Waals surface area contributed by atoms with Crippen LogP contribution in [0.3, 0.4) is 0 Å². The first kappa shape index (κ1) is 12.7. The summed E-state index contributed by atoms with van der Waals surface area (Å²) in [5, 5.41) is 7.18. The summed E-state index contributed by atoms with van der Waals surface area (Å²) >= 11 is 0. The molecule has 3 nitrogen and oxygen atoms in total. The number of hydrogen-bond acceptors (Lipinski definition) is 3. The van der Waals surface area contributed by atoms with Crippen LogP contribution in [0.1, 0.15) is 38.2 Å². The van der Waals surface area contributed by atoms with Gasteiger partial charge in [-0.15, -0.1) is 0 Å². The Hall–Kier alpha value is -0.800. The molecule has 3 heteroatoms. The molecule has 0 aliphatic carbocycles. The summed E-state index contributed by atoms with van der Waals surface area (Å²) in [6, 6.07) is 4.74. The molecule has 1 unspecified atom stereocenters. The second kappa shape index (κ2) is 5.23. The van der Waals surface area contributed by atoms with E-state index in [9.17, 15) is 0 Å². The fraction of sp³-hybridized carbons (Fsp3) is 0.714. The van der Waals surface area contributed by atoms with E-state index in [0.29, 0.717) is 6.04 Å². The van der Waals surface area contributed by atoms with Crippen LogP contribution in [0.4, 0.5) is 0 Å². The van der Waals surface area contributed by atoms with Crippen LogP contribution in [0.15, 0.2) is 16.5 Å². The standard InChI is InChI=1S/C14H24N2O/c1-11-4-5-13(17-11)7-8-15-12-6-9-16-14(2,3)10-12/h4-5,12,15-16H,6-10H2,1-3H3. The number of nitrogens with one attached hydrogen (secondary N) is 2. The second-order valence-electron chi connectivity index (χ2n) is 5.72. The van der Waals surface area contributed by atoms with Gasteiger partial charge >= 0.3 is 0 Å². The molecule has 1 fully saturated rings. The van der Waals surface area contributed by atoms with Gasteiger partial charge in [0.05, 0.1) is 0 Å². The number of aryl methyl sites for hydroxylation is 1. The Morgan fingerprint density at radius 2 is 2.29 bits per heavy atom. The molecule has 0 radical (unpaired) electrons. The average molecular weight is 236 g/mol. The van der Waals surface area contributed by atoms with E-state index in [-0.39, 0.29) is 5.54 Å². The van der Waals surface area contributed by atoms with E-state index in [0.717, 1.165) is 31.0 Å². The molecular formula is C14H24N2O. The van der Waals surface area contributed by atoms with Crippen molar-refractivity contribution < 1.29 is 4.42 Å². The van der Waals surface area contributed by atoms with E-state index in [1.54, 1.807) is 0 Å². The Labute approximate surface area is 104 Å². The Kier molecular flexibility index (Phi) is 3.89. The molecule has 2 heterocycles. The first-order valence-electron chi connectivity index (χ1n) is 6.59. The molecule has 2 rings (SSSR count). The third-order valence-electron chi connectivity index (χ3n) is 3.45. The van der Waals surface area contributed by atoms with Crippen LogP contribution in [0.25, 0.3) is 0 Å². The minimum Gasteiger partial charge on any atom is -0.466 e.